The van der Waals surface area contributed by atoms with Crippen molar-refractivity contribution < 1.29 is 18.7 Å². The normalized spacial score (nSPS) is 14.8. The summed E-state index contributed by atoms with van der Waals surface area (Å²) in [6.45, 7) is 5.42. The number of aryl methyl sites for hydroxylation is 1. The second kappa shape index (κ2) is 9.85. The Balaban J connectivity index is 1.40. The number of carbonyl (C=O) groups excluding carboxylic acids is 1. The topological polar surface area (TPSA) is 87.1 Å². The van der Waals surface area contributed by atoms with Crippen LogP contribution in [0.25, 0.3) is 33.1 Å². The summed E-state index contributed by atoms with van der Waals surface area (Å²) in [6, 6.07) is 11.3. The summed E-state index contributed by atoms with van der Waals surface area (Å²) in [5, 5.41) is 11.5. The molecule has 35 heavy (non-hydrogen) atoms. The second-order valence-electron chi connectivity index (χ2n) is 8.94. The third kappa shape index (κ3) is 4.72. The number of nitrogens with zero attached hydrogens (tertiary/aromatic N) is 2. The molecule has 1 amide bonds. The summed E-state index contributed by atoms with van der Waals surface area (Å²) >= 11 is 6.04. The van der Waals surface area contributed by atoms with Gasteiger partial charge in [-0.1, -0.05) is 23.7 Å². The van der Waals surface area contributed by atoms with Gasteiger partial charge in [-0.2, -0.15) is 0 Å². The average Bonchev–Trinajstić information content (AvgIpc) is 3.26. The molecule has 0 unspecified atom stereocenters. The highest BCUT2D eigenvalue weighted by atomic mass is 35.5. The second-order valence-corrected chi connectivity index (χ2v) is 9.38. The van der Waals surface area contributed by atoms with Gasteiger partial charge >= 0.3 is 5.63 Å². The fourth-order valence-electron chi connectivity index (χ4n) is 4.80. The highest BCUT2D eigenvalue weighted by Gasteiger charge is 2.22. The minimum atomic E-state index is -0.417. The molecule has 1 aliphatic heterocycles. The third-order valence-electron chi connectivity index (χ3n) is 6.87. The predicted octanol–water partition coefficient (Wildman–Crippen LogP) is 4.24. The fraction of sp³-hybridized carbons (Fsp3) is 0.333. The van der Waals surface area contributed by atoms with E-state index in [9.17, 15) is 9.59 Å². The van der Waals surface area contributed by atoms with Gasteiger partial charge in [0.15, 0.2) is 0 Å². The zero-order valence-corrected chi connectivity index (χ0v) is 20.3. The van der Waals surface area contributed by atoms with E-state index in [4.69, 9.17) is 25.5 Å². The molecule has 1 saturated heterocycles. The molecule has 1 aliphatic rings. The number of aliphatic hydroxyl groups is 1. The molecule has 0 saturated carbocycles. The van der Waals surface area contributed by atoms with E-state index in [1.54, 1.807) is 12.3 Å². The Morgan fingerprint density at radius 3 is 2.51 bits per heavy atom. The van der Waals surface area contributed by atoms with Crippen molar-refractivity contribution in [1.82, 2.24) is 9.80 Å². The van der Waals surface area contributed by atoms with Crippen LogP contribution in [0.1, 0.15) is 17.5 Å². The molecule has 5 rings (SSSR count). The molecule has 2 aromatic heterocycles. The third-order valence-corrected chi connectivity index (χ3v) is 7.12. The maximum absolute atomic E-state index is 12.8. The van der Waals surface area contributed by atoms with Gasteiger partial charge in [0.1, 0.15) is 11.2 Å². The number of aliphatic hydroxyl groups excluding tert-OH is 1. The van der Waals surface area contributed by atoms with Crippen LogP contribution in [-0.2, 0) is 11.2 Å². The number of β-amino-alcohol motifs (C(OH)–C–C–N with tert-alkyl or cyclic N) is 1. The number of halogens is 1. The first-order chi connectivity index (χ1) is 16.9. The van der Waals surface area contributed by atoms with Crippen LogP contribution < -0.4 is 5.63 Å². The van der Waals surface area contributed by atoms with Crippen LogP contribution in [-0.4, -0.2) is 60.1 Å². The maximum Gasteiger partial charge on any atom is 0.339 e. The smallest absolute Gasteiger partial charge is 0.339 e. The van der Waals surface area contributed by atoms with E-state index in [2.05, 4.69) is 4.90 Å². The van der Waals surface area contributed by atoms with Crippen LogP contribution in [0, 0.1) is 6.92 Å². The molecule has 0 spiro atoms. The van der Waals surface area contributed by atoms with Crippen LogP contribution in [0.15, 0.2) is 56.3 Å². The lowest BCUT2D eigenvalue weighted by Crippen LogP contribution is -2.49. The molecule has 7 nitrogen and oxygen atoms in total. The Labute approximate surface area is 207 Å². The number of benzene rings is 2. The molecule has 0 aliphatic carbocycles. The molecule has 0 radical (unpaired) electrons. The lowest BCUT2D eigenvalue weighted by Gasteiger charge is -2.34. The molecule has 8 heteroatoms. The SMILES string of the molecule is Cc1c(CCC(=O)N2CCN(CCO)CC2)c(=O)oc2cc3occ(-c4ccc(Cl)cc4)c3cc12. The Bertz CT molecular complexity index is 1430. The Morgan fingerprint density at radius 2 is 1.80 bits per heavy atom. The average molecular weight is 495 g/mol. The fourth-order valence-corrected chi connectivity index (χ4v) is 4.93. The summed E-state index contributed by atoms with van der Waals surface area (Å²) in [4.78, 5) is 29.6. The maximum atomic E-state index is 12.8. The summed E-state index contributed by atoms with van der Waals surface area (Å²) in [6.07, 6.45) is 2.27. The first-order valence-electron chi connectivity index (χ1n) is 11.8. The van der Waals surface area contributed by atoms with Gasteiger partial charge in [-0.25, -0.2) is 4.79 Å². The molecule has 4 aromatic rings. The quantitative estimate of drug-likeness (QED) is 0.403. The summed E-state index contributed by atoms with van der Waals surface area (Å²) in [7, 11) is 0. The molecule has 0 atom stereocenters. The number of furan rings is 1. The van der Waals surface area contributed by atoms with Crippen molar-refractivity contribution in [3.05, 3.63) is 69.2 Å². The van der Waals surface area contributed by atoms with Gasteiger partial charge < -0.3 is 18.8 Å². The number of fused-ring (bicyclic) bond motifs is 2. The van der Waals surface area contributed by atoms with Crippen molar-refractivity contribution in [3.8, 4) is 11.1 Å². The molecule has 1 N–H and O–H groups in total. The Kier molecular flexibility index (Phi) is 6.65. The van der Waals surface area contributed by atoms with Crippen molar-refractivity contribution in [1.29, 1.82) is 0 Å². The van der Waals surface area contributed by atoms with E-state index in [0.29, 0.717) is 47.8 Å². The van der Waals surface area contributed by atoms with Crippen LogP contribution >= 0.6 is 11.6 Å². The molecular weight excluding hydrogens is 468 g/mol. The highest BCUT2D eigenvalue weighted by molar-refractivity contribution is 6.30. The van der Waals surface area contributed by atoms with Gasteiger partial charge in [0.25, 0.3) is 0 Å². The number of carbonyl (C=O) groups is 1. The van der Waals surface area contributed by atoms with Crippen LogP contribution in [0.4, 0.5) is 0 Å². The number of amides is 1. The van der Waals surface area contributed by atoms with Gasteiger partial charge in [-0.15, -0.1) is 0 Å². The van der Waals surface area contributed by atoms with E-state index < -0.39 is 5.63 Å². The number of piperazine rings is 1. The van der Waals surface area contributed by atoms with Crippen molar-refractivity contribution in [2.24, 2.45) is 0 Å². The Hall–Kier alpha value is -3.13. The van der Waals surface area contributed by atoms with Crippen LogP contribution in [0.2, 0.25) is 5.02 Å². The molecule has 2 aromatic carbocycles. The molecular formula is C27H27ClN2O5. The van der Waals surface area contributed by atoms with E-state index in [0.717, 1.165) is 40.6 Å². The van der Waals surface area contributed by atoms with Gasteiger partial charge in [0, 0.05) is 72.1 Å². The molecule has 0 bridgehead atoms. The minimum absolute atomic E-state index is 0.0304. The molecule has 1 fully saturated rings. The van der Waals surface area contributed by atoms with E-state index in [-0.39, 0.29) is 18.9 Å². The zero-order chi connectivity index (χ0) is 24.5. The van der Waals surface area contributed by atoms with Crippen LogP contribution in [0.5, 0.6) is 0 Å². The van der Waals surface area contributed by atoms with Crippen LogP contribution in [0.3, 0.4) is 0 Å². The first-order valence-corrected chi connectivity index (χ1v) is 12.2. The van der Waals surface area contributed by atoms with Gasteiger partial charge in [0.05, 0.1) is 12.9 Å². The minimum Gasteiger partial charge on any atom is -0.464 e. The van der Waals surface area contributed by atoms with Crippen molar-refractivity contribution in [2.75, 3.05) is 39.3 Å². The lowest BCUT2D eigenvalue weighted by molar-refractivity contribution is -0.132. The zero-order valence-electron chi connectivity index (χ0n) is 19.6. The molecule has 182 valence electrons. The van der Waals surface area contributed by atoms with Gasteiger partial charge in [0.2, 0.25) is 5.91 Å². The number of rotatable bonds is 6. The first kappa shape index (κ1) is 23.6. The van der Waals surface area contributed by atoms with Crippen molar-refractivity contribution in [3.63, 3.8) is 0 Å². The number of hydrogen-bond donors (Lipinski definition) is 1. The summed E-state index contributed by atoms with van der Waals surface area (Å²) in [5.74, 6) is 0.0304. The standard InChI is InChI=1S/C27H27ClN2O5/c1-17-20(6-7-26(32)30-10-8-29(9-11-30)12-13-31)27(33)35-25-15-24-22(14-21(17)25)23(16-34-24)18-2-4-19(28)5-3-18/h2-5,14-16,31H,6-13H2,1H3. The van der Waals surface area contributed by atoms with Crippen molar-refractivity contribution >= 4 is 39.4 Å². The highest BCUT2D eigenvalue weighted by Crippen LogP contribution is 2.35. The van der Waals surface area contributed by atoms with Crippen molar-refractivity contribution in [2.45, 2.75) is 19.8 Å². The molecule has 3 heterocycles. The van der Waals surface area contributed by atoms with Gasteiger partial charge in [-0.3, -0.25) is 9.69 Å². The largest absolute Gasteiger partial charge is 0.464 e. The predicted molar refractivity (Wildman–Crippen MR) is 136 cm³/mol. The van der Waals surface area contributed by atoms with E-state index >= 15 is 0 Å². The monoisotopic (exact) mass is 494 g/mol. The lowest BCUT2D eigenvalue weighted by atomic mass is 9.99. The van der Waals surface area contributed by atoms with Gasteiger partial charge in [-0.05, 0) is 42.7 Å². The summed E-state index contributed by atoms with van der Waals surface area (Å²) in [5.41, 5.74) is 3.94. The number of hydrogen-bond acceptors (Lipinski definition) is 6. The summed E-state index contributed by atoms with van der Waals surface area (Å²) < 4.78 is 11.4. The Morgan fingerprint density at radius 1 is 1.06 bits per heavy atom. The van der Waals surface area contributed by atoms with E-state index in [1.165, 1.54) is 0 Å². The van der Waals surface area contributed by atoms with E-state index in [1.807, 2.05) is 42.2 Å².